The van der Waals surface area contributed by atoms with Gasteiger partial charge >= 0.3 is 0 Å². The van der Waals surface area contributed by atoms with Crippen LogP contribution in [0.25, 0.3) is 0 Å². The summed E-state index contributed by atoms with van der Waals surface area (Å²) in [5.74, 6) is 2.31. The van der Waals surface area contributed by atoms with Crippen molar-refractivity contribution in [3.63, 3.8) is 0 Å². The number of nitrogens with one attached hydrogen (secondary N) is 1. The Kier molecular flexibility index (Phi) is 8.47. The van der Waals surface area contributed by atoms with Crippen LogP contribution in [0.5, 0.6) is 0 Å². The minimum absolute atomic E-state index is 0. The summed E-state index contributed by atoms with van der Waals surface area (Å²) in [5, 5.41) is 3.40. The van der Waals surface area contributed by atoms with Gasteiger partial charge in [0.25, 0.3) is 0 Å². The molecule has 28 heavy (non-hydrogen) atoms. The third kappa shape index (κ3) is 6.57. The SMILES string of the molecule is C=C(C)CN=C(NCC1CCS(=O)(=O)C1)N1CCN(c2ncccn2)CC1.I. The Bertz CT molecular complexity index is 779. The first-order valence-electron chi connectivity index (χ1n) is 9.33. The van der Waals surface area contributed by atoms with Crippen molar-refractivity contribution in [2.24, 2.45) is 10.9 Å². The summed E-state index contributed by atoms with van der Waals surface area (Å²) >= 11 is 0. The number of nitrogens with zero attached hydrogens (tertiary/aromatic N) is 5. The molecule has 0 spiro atoms. The van der Waals surface area contributed by atoms with Gasteiger partial charge in [-0.3, -0.25) is 0 Å². The molecule has 1 aromatic rings. The number of anilines is 1. The van der Waals surface area contributed by atoms with Crippen LogP contribution in [0.15, 0.2) is 35.6 Å². The Morgan fingerprint density at radius 1 is 1.29 bits per heavy atom. The normalized spacial score (nSPS) is 21.9. The molecule has 1 N–H and O–H groups in total. The highest BCUT2D eigenvalue weighted by molar-refractivity contribution is 14.0. The predicted molar refractivity (Wildman–Crippen MR) is 123 cm³/mol. The van der Waals surface area contributed by atoms with Gasteiger partial charge < -0.3 is 15.1 Å². The Balaban J connectivity index is 0.00000280. The van der Waals surface area contributed by atoms with Crippen LogP contribution in [0.1, 0.15) is 13.3 Å². The molecule has 2 saturated heterocycles. The van der Waals surface area contributed by atoms with Crippen LogP contribution < -0.4 is 10.2 Å². The van der Waals surface area contributed by atoms with Crippen molar-refractivity contribution in [2.45, 2.75) is 13.3 Å². The van der Waals surface area contributed by atoms with E-state index in [1.807, 2.05) is 13.0 Å². The summed E-state index contributed by atoms with van der Waals surface area (Å²) in [4.78, 5) is 17.7. The van der Waals surface area contributed by atoms with Crippen LogP contribution in [0.4, 0.5) is 5.95 Å². The zero-order valence-electron chi connectivity index (χ0n) is 16.2. The molecule has 0 amide bonds. The Morgan fingerprint density at radius 2 is 1.96 bits per heavy atom. The van der Waals surface area contributed by atoms with Gasteiger partial charge in [0.1, 0.15) is 0 Å². The maximum absolute atomic E-state index is 11.7. The van der Waals surface area contributed by atoms with Crippen LogP contribution in [0.2, 0.25) is 0 Å². The van der Waals surface area contributed by atoms with Crippen molar-refractivity contribution < 1.29 is 8.42 Å². The van der Waals surface area contributed by atoms with E-state index in [9.17, 15) is 8.42 Å². The van der Waals surface area contributed by atoms with E-state index in [0.29, 0.717) is 18.8 Å². The van der Waals surface area contributed by atoms with E-state index in [1.165, 1.54) is 0 Å². The lowest BCUT2D eigenvalue weighted by molar-refractivity contribution is 0.366. The van der Waals surface area contributed by atoms with E-state index < -0.39 is 9.84 Å². The number of halogens is 1. The van der Waals surface area contributed by atoms with Crippen LogP contribution in [-0.2, 0) is 9.84 Å². The van der Waals surface area contributed by atoms with Gasteiger partial charge in [0.2, 0.25) is 5.95 Å². The zero-order valence-corrected chi connectivity index (χ0v) is 19.4. The molecule has 0 radical (unpaired) electrons. The largest absolute Gasteiger partial charge is 0.356 e. The van der Waals surface area contributed by atoms with Crippen molar-refractivity contribution in [2.75, 3.05) is 55.7 Å². The number of aliphatic imine (C=N–C) groups is 1. The van der Waals surface area contributed by atoms with Crippen molar-refractivity contribution in [3.8, 4) is 0 Å². The van der Waals surface area contributed by atoms with Crippen LogP contribution in [0, 0.1) is 5.92 Å². The number of guanidine groups is 1. The monoisotopic (exact) mass is 520 g/mol. The molecule has 1 unspecified atom stereocenters. The van der Waals surface area contributed by atoms with Crippen LogP contribution >= 0.6 is 24.0 Å². The highest BCUT2D eigenvalue weighted by Crippen LogP contribution is 2.17. The van der Waals surface area contributed by atoms with Gasteiger partial charge in [0.05, 0.1) is 18.1 Å². The molecule has 8 nitrogen and oxygen atoms in total. The van der Waals surface area contributed by atoms with Crippen LogP contribution in [-0.4, -0.2) is 80.0 Å². The Morgan fingerprint density at radius 3 is 2.54 bits per heavy atom. The smallest absolute Gasteiger partial charge is 0.225 e. The molecule has 3 rings (SSSR count). The fourth-order valence-corrected chi connectivity index (χ4v) is 5.18. The lowest BCUT2D eigenvalue weighted by Crippen LogP contribution is -2.53. The molecule has 2 aliphatic heterocycles. The Labute approximate surface area is 184 Å². The van der Waals surface area contributed by atoms with E-state index >= 15 is 0 Å². The second kappa shape index (κ2) is 10.4. The lowest BCUT2D eigenvalue weighted by Gasteiger charge is -2.36. The predicted octanol–water partition coefficient (Wildman–Crippen LogP) is 1.17. The quantitative estimate of drug-likeness (QED) is 0.270. The van der Waals surface area contributed by atoms with Crippen molar-refractivity contribution in [1.82, 2.24) is 20.2 Å². The summed E-state index contributed by atoms with van der Waals surface area (Å²) in [6.07, 6.45) is 4.24. The molecule has 3 heterocycles. The number of sulfone groups is 1. The maximum Gasteiger partial charge on any atom is 0.225 e. The van der Waals surface area contributed by atoms with E-state index in [2.05, 4.69) is 36.7 Å². The fourth-order valence-electron chi connectivity index (χ4n) is 3.32. The number of hydrogen-bond donors (Lipinski definition) is 1. The van der Waals surface area contributed by atoms with Crippen molar-refractivity contribution >= 4 is 45.7 Å². The molecule has 0 aromatic carbocycles. The first-order valence-corrected chi connectivity index (χ1v) is 11.1. The van der Waals surface area contributed by atoms with Gasteiger partial charge in [-0.15, -0.1) is 24.0 Å². The molecule has 2 aliphatic rings. The van der Waals surface area contributed by atoms with Gasteiger partial charge in [-0.25, -0.2) is 23.4 Å². The molecule has 2 fully saturated rings. The third-order valence-corrected chi connectivity index (χ3v) is 6.63. The summed E-state index contributed by atoms with van der Waals surface area (Å²) in [6.45, 7) is 10.3. The summed E-state index contributed by atoms with van der Waals surface area (Å²) in [5.41, 5.74) is 0.995. The molecule has 10 heteroatoms. The molecular formula is C18H29IN6O2S. The summed E-state index contributed by atoms with van der Waals surface area (Å²) in [6, 6.07) is 1.81. The molecule has 0 bridgehead atoms. The van der Waals surface area contributed by atoms with Gasteiger partial charge in [-0.1, -0.05) is 12.2 Å². The topological polar surface area (TPSA) is 90.8 Å². The summed E-state index contributed by atoms with van der Waals surface area (Å²) < 4.78 is 23.4. The molecule has 1 aromatic heterocycles. The molecule has 1 atom stereocenters. The van der Waals surface area contributed by atoms with Crippen molar-refractivity contribution in [1.29, 1.82) is 0 Å². The van der Waals surface area contributed by atoms with Gasteiger partial charge in [-0.2, -0.15) is 0 Å². The minimum Gasteiger partial charge on any atom is -0.356 e. The van der Waals surface area contributed by atoms with Gasteiger partial charge in [0.15, 0.2) is 15.8 Å². The fraction of sp³-hybridized carbons (Fsp3) is 0.611. The molecule has 0 aliphatic carbocycles. The third-order valence-electron chi connectivity index (χ3n) is 4.79. The zero-order chi connectivity index (χ0) is 19.3. The number of rotatable bonds is 5. The van der Waals surface area contributed by atoms with E-state index in [1.54, 1.807) is 12.4 Å². The second-order valence-electron chi connectivity index (χ2n) is 7.27. The highest BCUT2D eigenvalue weighted by Gasteiger charge is 2.28. The minimum atomic E-state index is -2.86. The van der Waals surface area contributed by atoms with Crippen molar-refractivity contribution in [3.05, 3.63) is 30.6 Å². The molecule has 156 valence electrons. The van der Waals surface area contributed by atoms with Gasteiger partial charge in [-0.05, 0) is 25.3 Å². The number of piperazine rings is 1. The maximum atomic E-state index is 11.7. The summed E-state index contributed by atoms with van der Waals surface area (Å²) in [7, 11) is -2.86. The van der Waals surface area contributed by atoms with E-state index in [4.69, 9.17) is 0 Å². The molecular weight excluding hydrogens is 491 g/mol. The number of aromatic nitrogens is 2. The van der Waals surface area contributed by atoms with E-state index in [-0.39, 0.29) is 35.6 Å². The lowest BCUT2D eigenvalue weighted by atomic mass is 10.1. The van der Waals surface area contributed by atoms with Crippen LogP contribution in [0.3, 0.4) is 0 Å². The highest BCUT2D eigenvalue weighted by atomic mass is 127. The average Bonchev–Trinajstić information content (AvgIpc) is 3.01. The first kappa shape index (κ1) is 22.9. The van der Waals surface area contributed by atoms with E-state index in [0.717, 1.165) is 50.1 Å². The Hall–Kier alpha value is -1.43. The average molecular weight is 520 g/mol. The molecule has 0 saturated carbocycles. The first-order chi connectivity index (χ1) is 12.9. The second-order valence-corrected chi connectivity index (χ2v) is 9.50. The number of hydrogen-bond acceptors (Lipinski definition) is 6. The standard InChI is InChI=1S/C18H28N6O2S.HI/c1-15(2)12-21-18(22-13-16-4-11-27(25,26)14-16)24-9-7-23(8-10-24)17-19-5-3-6-20-17;/h3,5-6,16H,1,4,7-14H2,2H3,(H,21,22);1H. The van der Waals surface area contributed by atoms with Gasteiger partial charge in [0, 0.05) is 45.1 Å².